The van der Waals surface area contributed by atoms with Gasteiger partial charge in [0.2, 0.25) is 11.8 Å². The molecule has 2 rings (SSSR count). The van der Waals surface area contributed by atoms with Gasteiger partial charge in [-0.05, 0) is 37.0 Å². The topological polar surface area (TPSA) is 52.7 Å². The zero-order chi connectivity index (χ0) is 19.1. The number of hydrogen-bond donors (Lipinski definition) is 1. The highest BCUT2D eigenvalue weighted by Gasteiger charge is 2.21. The number of nitrogens with one attached hydrogen (secondary N) is 1. The minimum Gasteiger partial charge on any atom is -0.353 e. The quantitative estimate of drug-likeness (QED) is 0.796. The molecule has 1 saturated heterocycles. The number of carbonyl (C=O) groups excluding carboxylic acids is 2. The van der Waals surface area contributed by atoms with Gasteiger partial charge in [0, 0.05) is 38.3 Å². The largest absolute Gasteiger partial charge is 0.353 e. The number of benzene rings is 1. The van der Waals surface area contributed by atoms with Crippen LogP contribution >= 0.6 is 0 Å². The maximum Gasteiger partial charge on any atom is 0.246 e. The fraction of sp³-hybridized carbons (Fsp3) is 0.524. The van der Waals surface area contributed by atoms with Crippen LogP contribution in [0.4, 0.5) is 0 Å². The molecule has 1 aliphatic rings. The molecule has 26 heavy (non-hydrogen) atoms. The lowest BCUT2D eigenvalue weighted by Gasteiger charge is -2.33. The standard InChI is InChI=1S/C21H31N3O2/c1-16(2)19-8-5-18(6-9-19)7-10-21(26)24-13-11-23(12-14-24)15-20(25)22-17(3)4/h5-10,16-17H,11-15H2,1-4H3,(H,22,25)/b10-7+. The number of carbonyl (C=O) groups is 2. The molecule has 142 valence electrons. The van der Waals surface area contributed by atoms with E-state index in [0.717, 1.165) is 18.7 Å². The van der Waals surface area contributed by atoms with E-state index in [4.69, 9.17) is 0 Å². The van der Waals surface area contributed by atoms with Gasteiger partial charge in [-0.2, -0.15) is 0 Å². The fourth-order valence-electron chi connectivity index (χ4n) is 2.96. The van der Waals surface area contributed by atoms with Gasteiger partial charge in [0.05, 0.1) is 6.54 Å². The molecule has 0 aromatic heterocycles. The summed E-state index contributed by atoms with van der Waals surface area (Å²) in [5.74, 6) is 0.585. The number of piperazine rings is 1. The summed E-state index contributed by atoms with van der Waals surface area (Å²) >= 11 is 0. The second-order valence-electron chi connectivity index (χ2n) is 7.48. The van der Waals surface area contributed by atoms with E-state index in [1.807, 2.05) is 37.0 Å². The molecule has 2 amide bonds. The van der Waals surface area contributed by atoms with Crippen molar-refractivity contribution in [1.29, 1.82) is 0 Å². The summed E-state index contributed by atoms with van der Waals surface area (Å²) in [7, 11) is 0. The van der Waals surface area contributed by atoms with Gasteiger partial charge in [0.1, 0.15) is 0 Å². The van der Waals surface area contributed by atoms with E-state index >= 15 is 0 Å². The molecule has 0 bridgehead atoms. The van der Waals surface area contributed by atoms with Crippen LogP contribution in [0.25, 0.3) is 6.08 Å². The van der Waals surface area contributed by atoms with Crippen molar-refractivity contribution in [2.45, 2.75) is 39.7 Å². The van der Waals surface area contributed by atoms with Crippen LogP contribution in [0, 0.1) is 0 Å². The van der Waals surface area contributed by atoms with E-state index in [-0.39, 0.29) is 17.9 Å². The van der Waals surface area contributed by atoms with E-state index in [1.165, 1.54) is 5.56 Å². The molecule has 0 radical (unpaired) electrons. The highest BCUT2D eigenvalue weighted by atomic mass is 16.2. The average molecular weight is 357 g/mol. The van der Waals surface area contributed by atoms with Crippen LogP contribution in [0.15, 0.2) is 30.3 Å². The highest BCUT2D eigenvalue weighted by Crippen LogP contribution is 2.15. The van der Waals surface area contributed by atoms with Gasteiger partial charge >= 0.3 is 0 Å². The van der Waals surface area contributed by atoms with Gasteiger partial charge in [0.25, 0.3) is 0 Å². The minimum absolute atomic E-state index is 0.0317. The average Bonchev–Trinajstić information content (AvgIpc) is 2.60. The Morgan fingerprint density at radius 1 is 1.04 bits per heavy atom. The van der Waals surface area contributed by atoms with Crippen LogP contribution in [-0.2, 0) is 9.59 Å². The lowest BCUT2D eigenvalue weighted by molar-refractivity contribution is -0.128. The molecule has 0 atom stereocenters. The molecular weight excluding hydrogens is 326 g/mol. The van der Waals surface area contributed by atoms with E-state index < -0.39 is 0 Å². The van der Waals surface area contributed by atoms with Crippen LogP contribution in [0.2, 0.25) is 0 Å². The number of hydrogen-bond acceptors (Lipinski definition) is 3. The van der Waals surface area contributed by atoms with Crippen molar-refractivity contribution in [1.82, 2.24) is 15.1 Å². The molecule has 0 saturated carbocycles. The number of rotatable bonds is 6. The zero-order valence-electron chi connectivity index (χ0n) is 16.4. The van der Waals surface area contributed by atoms with E-state index in [9.17, 15) is 9.59 Å². The molecule has 5 nitrogen and oxygen atoms in total. The Hall–Kier alpha value is -2.14. The predicted molar refractivity (Wildman–Crippen MR) is 106 cm³/mol. The van der Waals surface area contributed by atoms with Crippen LogP contribution in [-0.4, -0.2) is 60.4 Å². The molecule has 1 aromatic carbocycles. The summed E-state index contributed by atoms with van der Waals surface area (Å²) in [4.78, 5) is 28.1. The highest BCUT2D eigenvalue weighted by molar-refractivity contribution is 5.91. The third-order valence-electron chi connectivity index (χ3n) is 4.52. The third kappa shape index (κ3) is 6.30. The lowest BCUT2D eigenvalue weighted by atomic mass is 10.0. The Bertz CT molecular complexity index is 627. The minimum atomic E-state index is 0.0317. The van der Waals surface area contributed by atoms with E-state index in [0.29, 0.717) is 25.6 Å². The molecular formula is C21H31N3O2. The SMILES string of the molecule is CC(C)NC(=O)CN1CCN(C(=O)/C=C/c2ccc(C(C)C)cc2)CC1. The molecule has 0 unspecified atom stereocenters. The first kappa shape index (κ1) is 20.2. The van der Waals surface area contributed by atoms with Gasteiger partial charge in [0.15, 0.2) is 0 Å². The summed E-state index contributed by atoms with van der Waals surface area (Å²) in [5, 5.41) is 2.90. The summed E-state index contributed by atoms with van der Waals surface area (Å²) < 4.78 is 0. The number of amides is 2. The Kier molecular flexibility index (Phi) is 7.39. The van der Waals surface area contributed by atoms with Crippen molar-refractivity contribution in [2.75, 3.05) is 32.7 Å². The first-order valence-corrected chi connectivity index (χ1v) is 9.44. The van der Waals surface area contributed by atoms with Crippen molar-refractivity contribution in [3.05, 3.63) is 41.5 Å². The summed E-state index contributed by atoms with van der Waals surface area (Å²) in [6, 6.07) is 8.46. The van der Waals surface area contributed by atoms with E-state index in [2.05, 4.69) is 36.2 Å². The molecule has 1 fully saturated rings. The van der Waals surface area contributed by atoms with Crippen LogP contribution < -0.4 is 5.32 Å². The molecule has 1 aliphatic heterocycles. The second kappa shape index (κ2) is 9.53. The third-order valence-corrected chi connectivity index (χ3v) is 4.52. The summed E-state index contributed by atoms with van der Waals surface area (Å²) in [6.07, 6.45) is 3.51. The van der Waals surface area contributed by atoms with Crippen molar-refractivity contribution in [3.8, 4) is 0 Å². The van der Waals surface area contributed by atoms with Crippen LogP contribution in [0.3, 0.4) is 0 Å². The van der Waals surface area contributed by atoms with Gasteiger partial charge in [-0.25, -0.2) is 0 Å². The van der Waals surface area contributed by atoms with E-state index in [1.54, 1.807) is 6.08 Å². The molecule has 1 N–H and O–H groups in total. The predicted octanol–water partition coefficient (Wildman–Crippen LogP) is 2.49. The Morgan fingerprint density at radius 2 is 1.65 bits per heavy atom. The Labute approximate surface area is 157 Å². The van der Waals surface area contributed by atoms with Crippen molar-refractivity contribution < 1.29 is 9.59 Å². The smallest absolute Gasteiger partial charge is 0.246 e. The zero-order valence-corrected chi connectivity index (χ0v) is 16.4. The Balaban J connectivity index is 1.79. The molecule has 0 aliphatic carbocycles. The van der Waals surface area contributed by atoms with Crippen molar-refractivity contribution in [2.24, 2.45) is 0 Å². The molecule has 1 aromatic rings. The van der Waals surface area contributed by atoms with Crippen LogP contribution in [0.5, 0.6) is 0 Å². The Morgan fingerprint density at radius 3 is 2.19 bits per heavy atom. The van der Waals surface area contributed by atoms with Gasteiger partial charge in [-0.1, -0.05) is 38.1 Å². The van der Waals surface area contributed by atoms with Gasteiger partial charge in [-0.3, -0.25) is 14.5 Å². The summed E-state index contributed by atoms with van der Waals surface area (Å²) in [5.41, 5.74) is 2.33. The van der Waals surface area contributed by atoms with Crippen molar-refractivity contribution >= 4 is 17.9 Å². The second-order valence-corrected chi connectivity index (χ2v) is 7.48. The summed E-state index contributed by atoms with van der Waals surface area (Å²) in [6.45, 7) is 11.4. The molecule has 1 heterocycles. The maximum atomic E-state index is 12.4. The molecule has 0 spiro atoms. The lowest BCUT2D eigenvalue weighted by Crippen LogP contribution is -2.51. The maximum absolute atomic E-state index is 12.4. The van der Waals surface area contributed by atoms with Crippen molar-refractivity contribution in [3.63, 3.8) is 0 Å². The first-order valence-electron chi connectivity index (χ1n) is 9.44. The van der Waals surface area contributed by atoms with Gasteiger partial charge < -0.3 is 10.2 Å². The van der Waals surface area contributed by atoms with Crippen LogP contribution in [0.1, 0.15) is 44.7 Å². The fourth-order valence-corrected chi connectivity index (χ4v) is 2.96. The first-order chi connectivity index (χ1) is 12.3. The monoisotopic (exact) mass is 357 g/mol. The molecule has 5 heteroatoms. The normalized spacial score (nSPS) is 15.8. The van der Waals surface area contributed by atoms with Gasteiger partial charge in [-0.15, -0.1) is 0 Å². The number of nitrogens with zero attached hydrogens (tertiary/aromatic N) is 2.